The van der Waals surface area contributed by atoms with E-state index in [0.29, 0.717) is 11.8 Å². The van der Waals surface area contributed by atoms with Gasteiger partial charge in [-0.3, -0.25) is 4.79 Å². The van der Waals surface area contributed by atoms with Crippen LogP contribution in [0.3, 0.4) is 0 Å². The minimum Gasteiger partial charge on any atom is -0.338 e. The Hall–Kier alpha value is -2.21. The van der Waals surface area contributed by atoms with Gasteiger partial charge in [0.25, 0.3) is 5.91 Å². The van der Waals surface area contributed by atoms with Crippen molar-refractivity contribution in [1.82, 2.24) is 19.4 Å². The smallest absolute Gasteiger partial charge is 0.263 e. The molecule has 5 nitrogen and oxygen atoms in total. The molecule has 0 bridgehead atoms. The van der Waals surface area contributed by atoms with Crippen molar-refractivity contribution in [1.29, 1.82) is 0 Å². The van der Waals surface area contributed by atoms with Crippen LogP contribution in [0, 0.1) is 18.8 Å². The Morgan fingerprint density at radius 2 is 2.19 bits per heavy atom. The van der Waals surface area contributed by atoms with Crippen molar-refractivity contribution in [3.63, 3.8) is 0 Å². The Morgan fingerprint density at radius 1 is 1.33 bits per heavy atom. The number of pyridine rings is 1. The molecule has 1 amide bonds. The van der Waals surface area contributed by atoms with E-state index in [1.165, 1.54) is 4.88 Å². The molecule has 27 heavy (non-hydrogen) atoms. The van der Waals surface area contributed by atoms with Gasteiger partial charge in [-0.25, -0.2) is 9.97 Å². The van der Waals surface area contributed by atoms with E-state index in [1.807, 2.05) is 42.3 Å². The Bertz CT molecular complexity index is 958. The van der Waals surface area contributed by atoms with E-state index < -0.39 is 0 Å². The van der Waals surface area contributed by atoms with E-state index in [9.17, 15) is 4.79 Å². The summed E-state index contributed by atoms with van der Waals surface area (Å²) in [5.41, 5.74) is 1.94. The normalized spacial score (nSPS) is 17.3. The van der Waals surface area contributed by atoms with Crippen LogP contribution in [0.5, 0.6) is 0 Å². The predicted molar refractivity (Wildman–Crippen MR) is 109 cm³/mol. The van der Waals surface area contributed by atoms with Crippen LogP contribution in [0.25, 0.3) is 11.2 Å². The summed E-state index contributed by atoms with van der Waals surface area (Å²) >= 11 is 1.58. The van der Waals surface area contributed by atoms with Crippen LogP contribution in [-0.4, -0.2) is 38.4 Å². The molecule has 1 aliphatic heterocycles. The molecule has 1 fully saturated rings. The van der Waals surface area contributed by atoms with Crippen LogP contribution < -0.4 is 0 Å². The molecule has 142 valence electrons. The fourth-order valence-corrected chi connectivity index (χ4v) is 4.70. The van der Waals surface area contributed by atoms with Gasteiger partial charge in [-0.15, -0.1) is 11.3 Å². The highest BCUT2D eigenvalue weighted by Crippen LogP contribution is 2.26. The molecule has 4 rings (SSSR count). The molecule has 1 saturated heterocycles. The molecule has 0 radical (unpaired) electrons. The molecule has 1 atom stereocenters. The van der Waals surface area contributed by atoms with Gasteiger partial charge in [0.15, 0.2) is 5.65 Å². The monoisotopic (exact) mass is 382 g/mol. The first-order valence-electron chi connectivity index (χ1n) is 9.67. The number of imidazole rings is 1. The average Bonchev–Trinajstić information content (AvgIpc) is 3.35. The van der Waals surface area contributed by atoms with Gasteiger partial charge in [0.05, 0.1) is 4.88 Å². The maximum absolute atomic E-state index is 12.7. The molecule has 3 aromatic rings. The summed E-state index contributed by atoms with van der Waals surface area (Å²) in [5.74, 6) is 2.27. The van der Waals surface area contributed by atoms with E-state index in [1.54, 1.807) is 11.3 Å². The fourth-order valence-electron chi connectivity index (χ4n) is 3.87. The van der Waals surface area contributed by atoms with Crippen LogP contribution >= 0.6 is 11.3 Å². The van der Waals surface area contributed by atoms with Gasteiger partial charge < -0.3 is 9.47 Å². The number of hydrogen-bond donors (Lipinski definition) is 0. The third kappa shape index (κ3) is 3.76. The van der Waals surface area contributed by atoms with Gasteiger partial charge in [0.2, 0.25) is 0 Å². The van der Waals surface area contributed by atoms with E-state index in [4.69, 9.17) is 4.98 Å². The molecule has 1 unspecified atom stereocenters. The van der Waals surface area contributed by atoms with Crippen molar-refractivity contribution in [3.05, 3.63) is 46.0 Å². The number of carbonyl (C=O) groups is 1. The number of thiophene rings is 1. The second kappa shape index (κ2) is 7.43. The SMILES string of the molecule is Cc1ccc(C(=O)N2CCC(Cc3nc4cccnc4n3CC(C)C)C2)s1. The van der Waals surface area contributed by atoms with E-state index in [2.05, 4.69) is 23.4 Å². The van der Waals surface area contributed by atoms with Gasteiger partial charge in [0, 0.05) is 37.1 Å². The summed E-state index contributed by atoms with van der Waals surface area (Å²) in [6, 6.07) is 7.94. The average molecular weight is 383 g/mol. The third-order valence-corrected chi connectivity index (χ3v) is 6.11. The maximum atomic E-state index is 12.7. The zero-order chi connectivity index (χ0) is 19.0. The van der Waals surface area contributed by atoms with Crippen LogP contribution in [0.1, 0.15) is 40.6 Å². The Kier molecular flexibility index (Phi) is 5.00. The van der Waals surface area contributed by atoms with Crippen molar-refractivity contribution in [2.45, 2.75) is 40.2 Å². The van der Waals surface area contributed by atoms with Gasteiger partial charge in [-0.05, 0) is 49.4 Å². The molecule has 4 heterocycles. The number of likely N-dealkylation sites (tertiary alicyclic amines) is 1. The third-order valence-electron chi connectivity index (χ3n) is 5.13. The quantitative estimate of drug-likeness (QED) is 0.666. The van der Waals surface area contributed by atoms with Crippen LogP contribution in [-0.2, 0) is 13.0 Å². The lowest BCUT2D eigenvalue weighted by atomic mass is 10.0. The topological polar surface area (TPSA) is 51.0 Å². The molecule has 1 aliphatic rings. The van der Waals surface area contributed by atoms with Gasteiger partial charge >= 0.3 is 0 Å². The molecule has 0 N–H and O–H groups in total. The van der Waals surface area contributed by atoms with Crippen molar-refractivity contribution in [3.8, 4) is 0 Å². The molecule has 6 heteroatoms. The Morgan fingerprint density at radius 3 is 2.93 bits per heavy atom. The number of rotatable bonds is 5. The van der Waals surface area contributed by atoms with Crippen LogP contribution in [0.2, 0.25) is 0 Å². The van der Waals surface area contributed by atoms with Crippen molar-refractivity contribution in [2.75, 3.05) is 13.1 Å². The lowest BCUT2D eigenvalue weighted by Gasteiger charge is -2.16. The van der Waals surface area contributed by atoms with Crippen molar-refractivity contribution >= 4 is 28.4 Å². The summed E-state index contributed by atoms with van der Waals surface area (Å²) < 4.78 is 2.27. The van der Waals surface area contributed by atoms with Gasteiger partial charge in [-0.2, -0.15) is 0 Å². The zero-order valence-electron chi connectivity index (χ0n) is 16.2. The number of aromatic nitrogens is 3. The number of fused-ring (bicyclic) bond motifs is 1. The van der Waals surface area contributed by atoms with E-state index >= 15 is 0 Å². The summed E-state index contributed by atoms with van der Waals surface area (Å²) in [6.07, 6.45) is 3.77. The highest BCUT2D eigenvalue weighted by molar-refractivity contribution is 7.13. The van der Waals surface area contributed by atoms with Crippen molar-refractivity contribution < 1.29 is 4.79 Å². The summed E-state index contributed by atoms with van der Waals surface area (Å²) in [6.45, 7) is 9.06. The fraction of sp³-hybridized carbons (Fsp3) is 0.476. The first kappa shape index (κ1) is 18.2. The first-order chi connectivity index (χ1) is 13.0. The number of hydrogen-bond acceptors (Lipinski definition) is 4. The molecule has 0 spiro atoms. The van der Waals surface area contributed by atoms with Crippen molar-refractivity contribution in [2.24, 2.45) is 11.8 Å². The lowest BCUT2D eigenvalue weighted by Crippen LogP contribution is -2.28. The van der Waals surface area contributed by atoms with Crippen LogP contribution in [0.4, 0.5) is 0 Å². The molecule has 0 saturated carbocycles. The lowest BCUT2D eigenvalue weighted by molar-refractivity contribution is 0.0791. The standard InChI is InChI=1S/C21H26N4OS/c1-14(2)12-25-19(23-17-5-4-9-22-20(17)25)11-16-8-10-24(13-16)21(26)18-7-6-15(3)27-18/h4-7,9,14,16H,8,10-13H2,1-3H3. The minimum atomic E-state index is 0.174. The first-order valence-corrected chi connectivity index (χ1v) is 10.5. The highest BCUT2D eigenvalue weighted by atomic mass is 32.1. The number of amides is 1. The summed E-state index contributed by atoms with van der Waals surface area (Å²) in [7, 11) is 0. The Balaban J connectivity index is 1.50. The molecular weight excluding hydrogens is 356 g/mol. The largest absolute Gasteiger partial charge is 0.338 e. The zero-order valence-corrected chi connectivity index (χ0v) is 17.0. The van der Waals surface area contributed by atoms with Crippen LogP contribution in [0.15, 0.2) is 30.5 Å². The molecule has 0 aliphatic carbocycles. The van der Waals surface area contributed by atoms with E-state index in [0.717, 1.165) is 54.3 Å². The number of carbonyl (C=O) groups excluding carboxylic acids is 1. The predicted octanol–water partition coefficient (Wildman–Crippen LogP) is 4.16. The van der Waals surface area contributed by atoms with E-state index in [-0.39, 0.29) is 5.91 Å². The molecular formula is C21H26N4OS. The summed E-state index contributed by atoms with van der Waals surface area (Å²) in [5, 5.41) is 0. The number of aryl methyl sites for hydroxylation is 1. The highest BCUT2D eigenvalue weighted by Gasteiger charge is 2.29. The second-order valence-electron chi connectivity index (χ2n) is 7.90. The molecule has 0 aromatic carbocycles. The summed E-state index contributed by atoms with van der Waals surface area (Å²) in [4.78, 5) is 26.2. The molecule has 3 aromatic heterocycles. The Labute approximate surface area is 164 Å². The maximum Gasteiger partial charge on any atom is 0.263 e. The number of nitrogens with zero attached hydrogens (tertiary/aromatic N) is 4. The minimum absolute atomic E-state index is 0.174. The van der Waals surface area contributed by atoms with Gasteiger partial charge in [-0.1, -0.05) is 13.8 Å². The van der Waals surface area contributed by atoms with Gasteiger partial charge in [0.1, 0.15) is 11.3 Å². The second-order valence-corrected chi connectivity index (χ2v) is 9.19.